The van der Waals surface area contributed by atoms with Gasteiger partial charge in [-0.1, -0.05) is 30.3 Å². The number of aromatic nitrogens is 1. The highest BCUT2D eigenvalue weighted by atomic mass is 16.5. The third-order valence-electron chi connectivity index (χ3n) is 3.89. The molecule has 0 atom stereocenters. The molecule has 2 aliphatic rings. The normalized spacial score (nSPS) is 11.2. The Bertz CT molecular complexity index is 1060. The molecule has 4 rings (SSSR count). The van der Waals surface area contributed by atoms with Gasteiger partial charge in [0.15, 0.2) is 16.8 Å². The van der Waals surface area contributed by atoms with Crippen molar-refractivity contribution in [2.24, 2.45) is 0 Å². The van der Waals surface area contributed by atoms with Crippen LogP contribution in [-0.2, 0) is 18.0 Å². The Morgan fingerprint density at radius 3 is 2.68 bits per heavy atom. The number of ether oxygens (including phenoxy) is 1. The molecule has 0 amide bonds. The highest BCUT2D eigenvalue weighted by Gasteiger charge is 2.15. The second-order valence-electron chi connectivity index (χ2n) is 5.77. The summed E-state index contributed by atoms with van der Waals surface area (Å²) < 4.78 is 11.5. The number of rotatable bonds is 4. The van der Waals surface area contributed by atoms with Gasteiger partial charge in [0.2, 0.25) is 0 Å². The number of hydrogen-bond donors (Lipinski definition) is 1. The lowest BCUT2D eigenvalue weighted by molar-refractivity contribution is 0.107. The van der Waals surface area contributed by atoms with Crippen molar-refractivity contribution in [3.63, 3.8) is 0 Å². The molecule has 5 heteroatoms. The molecule has 0 saturated heterocycles. The van der Waals surface area contributed by atoms with Crippen LogP contribution < -0.4 is 5.43 Å². The SMILES string of the molecule is O=c1cc2oc3cc(O)ccc3nc-2c(COCc2ccccc2)c1. The maximum Gasteiger partial charge on any atom is 0.182 e. The molecule has 0 radical (unpaired) electrons. The highest BCUT2D eigenvalue weighted by molar-refractivity contribution is 5.78. The average Bonchev–Trinajstić information content (AvgIpc) is 2.61. The summed E-state index contributed by atoms with van der Waals surface area (Å²) in [6.07, 6.45) is 0. The van der Waals surface area contributed by atoms with E-state index in [0.29, 0.717) is 34.7 Å². The quantitative estimate of drug-likeness (QED) is 0.576. The zero-order valence-electron chi connectivity index (χ0n) is 13.3. The average molecular weight is 333 g/mol. The smallest absolute Gasteiger partial charge is 0.182 e. The van der Waals surface area contributed by atoms with Gasteiger partial charge in [-0.2, -0.15) is 0 Å². The molecular formula is C20H15NO4. The van der Waals surface area contributed by atoms with Crippen LogP contribution in [-0.4, -0.2) is 10.1 Å². The van der Waals surface area contributed by atoms with Crippen molar-refractivity contribution in [3.05, 3.63) is 82.0 Å². The topological polar surface area (TPSA) is 72.6 Å². The zero-order valence-corrected chi connectivity index (χ0v) is 13.3. The van der Waals surface area contributed by atoms with Crippen LogP contribution in [0.2, 0.25) is 0 Å². The summed E-state index contributed by atoms with van der Waals surface area (Å²) in [5, 5.41) is 9.57. The molecule has 5 nitrogen and oxygen atoms in total. The highest BCUT2D eigenvalue weighted by Crippen LogP contribution is 2.28. The predicted molar refractivity (Wildman–Crippen MR) is 93.5 cm³/mol. The summed E-state index contributed by atoms with van der Waals surface area (Å²) in [7, 11) is 0. The lowest BCUT2D eigenvalue weighted by atomic mass is 10.1. The Labute approximate surface area is 143 Å². The van der Waals surface area contributed by atoms with Gasteiger partial charge in [0, 0.05) is 17.7 Å². The van der Waals surface area contributed by atoms with Gasteiger partial charge in [0.05, 0.1) is 13.2 Å². The van der Waals surface area contributed by atoms with Gasteiger partial charge in [0.25, 0.3) is 0 Å². The van der Waals surface area contributed by atoms with Crippen LogP contribution in [0.15, 0.2) is 69.9 Å². The Balaban J connectivity index is 1.68. The fraction of sp³-hybridized carbons (Fsp3) is 0.100. The fourth-order valence-corrected chi connectivity index (χ4v) is 2.72. The number of hydrogen-bond acceptors (Lipinski definition) is 5. The summed E-state index contributed by atoms with van der Waals surface area (Å²) in [4.78, 5) is 16.5. The van der Waals surface area contributed by atoms with Gasteiger partial charge < -0.3 is 14.3 Å². The van der Waals surface area contributed by atoms with Crippen molar-refractivity contribution in [2.45, 2.75) is 13.2 Å². The molecule has 0 saturated carbocycles. The van der Waals surface area contributed by atoms with E-state index in [2.05, 4.69) is 4.98 Å². The number of phenolic OH excluding ortho intramolecular Hbond substituents is 1. The van der Waals surface area contributed by atoms with Crippen LogP contribution >= 0.6 is 0 Å². The molecule has 0 bridgehead atoms. The summed E-state index contributed by atoms with van der Waals surface area (Å²) >= 11 is 0. The first-order valence-electron chi connectivity index (χ1n) is 7.87. The van der Waals surface area contributed by atoms with Gasteiger partial charge in [-0.25, -0.2) is 4.98 Å². The second kappa shape index (κ2) is 6.37. The molecule has 2 aromatic carbocycles. The van der Waals surface area contributed by atoms with Crippen molar-refractivity contribution in [1.29, 1.82) is 0 Å². The van der Waals surface area contributed by atoms with Crippen LogP contribution in [0.25, 0.3) is 22.6 Å². The van der Waals surface area contributed by atoms with Crippen molar-refractivity contribution >= 4 is 11.1 Å². The third kappa shape index (κ3) is 3.22. The Kier molecular flexibility index (Phi) is 3.91. The van der Waals surface area contributed by atoms with Crippen LogP contribution in [0.4, 0.5) is 0 Å². The molecule has 1 heterocycles. The van der Waals surface area contributed by atoms with E-state index >= 15 is 0 Å². The minimum absolute atomic E-state index is 0.0853. The largest absolute Gasteiger partial charge is 0.508 e. The van der Waals surface area contributed by atoms with Crippen molar-refractivity contribution in [1.82, 2.24) is 4.98 Å². The molecule has 0 unspecified atom stereocenters. The second-order valence-corrected chi connectivity index (χ2v) is 5.77. The van der Waals surface area contributed by atoms with E-state index < -0.39 is 0 Å². The summed E-state index contributed by atoms with van der Waals surface area (Å²) in [6.45, 7) is 0.706. The molecule has 0 spiro atoms. The van der Waals surface area contributed by atoms with E-state index in [-0.39, 0.29) is 17.8 Å². The van der Waals surface area contributed by atoms with Gasteiger partial charge in [0.1, 0.15) is 17.0 Å². The van der Waals surface area contributed by atoms with E-state index in [0.717, 1.165) is 5.56 Å². The predicted octanol–water partition coefficient (Wildman–Crippen LogP) is 3.72. The number of phenols is 1. The third-order valence-corrected chi connectivity index (χ3v) is 3.89. The fourth-order valence-electron chi connectivity index (χ4n) is 2.72. The van der Waals surface area contributed by atoms with Crippen molar-refractivity contribution in [2.75, 3.05) is 0 Å². The van der Waals surface area contributed by atoms with Crippen molar-refractivity contribution in [3.8, 4) is 17.2 Å². The van der Waals surface area contributed by atoms with Crippen LogP contribution in [0.1, 0.15) is 11.1 Å². The molecule has 2 aromatic rings. The Hall–Kier alpha value is -3.18. The minimum Gasteiger partial charge on any atom is -0.508 e. The van der Waals surface area contributed by atoms with Gasteiger partial charge in [-0.3, -0.25) is 4.79 Å². The summed E-state index contributed by atoms with van der Waals surface area (Å²) in [5.41, 5.74) is 3.19. The minimum atomic E-state index is -0.170. The van der Waals surface area contributed by atoms with E-state index in [9.17, 15) is 9.90 Å². The lowest BCUT2D eigenvalue weighted by Gasteiger charge is -2.11. The number of aromatic hydroxyl groups is 1. The molecule has 25 heavy (non-hydrogen) atoms. The summed E-state index contributed by atoms with van der Waals surface area (Å²) in [6, 6.07) is 17.4. The Morgan fingerprint density at radius 2 is 1.84 bits per heavy atom. The van der Waals surface area contributed by atoms with E-state index in [1.165, 1.54) is 18.2 Å². The molecular weight excluding hydrogens is 318 g/mol. The van der Waals surface area contributed by atoms with E-state index in [4.69, 9.17) is 9.15 Å². The first-order valence-corrected chi connectivity index (χ1v) is 7.87. The van der Waals surface area contributed by atoms with Gasteiger partial charge in [-0.15, -0.1) is 0 Å². The van der Waals surface area contributed by atoms with Gasteiger partial charge in [-0.05, 0) is 23.8 Å². The van der Waals surface area contributed by atoms with Crippen LogP contribution in [0, 0.1) is 0 Å². The molecule has 0 aromatic heterocycles. The molecule has 1 aliphatic carbocycles. The lowest BCUT2D eigenvalue weighted by Crippen LogP contribution is -2.07. The van der Waals surface area contributed by atoms with E-state index in [1.54, 1.807) is 12.1 Å². The number of fused-ring (bicyclic) bond motifs is 2. The van der Waals surface area contributed by atoms with Crippen molar-refractivity contribution < 1.29 is 14.3 Å². The molecule has 1 N–H and O–H groups in total. The molecule has 1 aliphatic heterocycles. The first-order chi connectivity index (χ1) is 12.2. The number of benzene rings is 3. The zero-order chi connectivity index (χ0) is 17.2. The molecule has 124 valence electrons. The van der Waals surface area contributed by atoms with Crippen LogP contribution in [0.5, 0.6) is 5.75 Å². The first kappa shape index (κ1) is 15.4. The van der Waals surface area contributed by atoms with Gasteiger partial charge >= 0.3 is 0 Å². The standard InChI is InChI=1S/C20H15NO4/c22-15-6-7-17-18(9-15)25-19-10-16(23)8-14(20(19)21-17)12-24-11-13-4-2-1-3-5-13/h1-10,22H,11-12H2. The Morgan fingerprint density at radius 1 is 1.00 bits per heavy atom. The number of nitrogens with zero attached hydrogens (tertiary/aromatic N) is 1. The maximum absolute atomic E-state index is 11.9. The van der Waals surface area contributed by atoms with E-state index in [1.807, 2.05) is 30.3 Å². The van der Waals surface area contributed by atoms with Crippen LogP contribution in [0.3, 0.4) is 0 Å². The molecule has 0 fully saturated rings. The monoisotopic (exact) mass is 333 g/mol. The maximum atomic E-state index is 11.9. The summed E-state index contributed by atoms with van der Waals surface area (Å²) in [5.74, 6) is 0.464.